The van der Waals surface area contributed by atoms with Crippen LogP contribution in [0.2, 0.25) is 0 Å². The molecule has 0 aromatic carbocycles. The SMILES string of the molecule is COC(=O)C1(O)CCCCC1(C1CCC2OC2C1)C1CCC2OC2C1. The molecule has 0 aromatic heterocycles. The Labute approximate surface area is 149 Å². The summed E-state index contributed by atoms with van der Waals surface area (Å²) < 4.78 is 16.7. The largest absolute Gasteiger partial charge is 0.467 e. The summed E-state index contributed by atoms with van der Waals surface area (Å²) in [6.07, 6.45) is 11.3. The summed E-state index contributed by atoms with van der Waals surface area (Å²) in [7, 11) is 1.42. The average Bonchev–Trinajstić information content (AvgIpc) is 3.53. The fourth-order valence-corrected chi connectivity index (χ4v) is 6.86. The number of carbonyl (C=O) groups is 1. The maximum Gasteiger partial charge on any atom is 0.338 e. The highest BCUT2D eigenvalue weighted by Crippen LogP contribution is 2.63. The summed E-state index contributed by atoms with van der Waals surface area (Å²) in [6.45, 7) is 0. The third-order valence-electron chi connectivity index (χ3n) is 8.14. The fourth-order valence-electron chi connectivity index (χ4n) is 6.86. The summed E-state index contributed by atoms with van der Waals surface area (Å²) in [5.41, 5.74) is -1.72. The summed E-state index contributed by atoms with van der Waals surface area (Å²) in [5, 5.41) is 11.8. The predicted molar refractivity (Wildman–Crippen MR) is 89.9 cm³/mol. The molecule has 2 aliphatic heterocycles. The van der Waals surface area contributed by atoms with Crippen LogP contribution in [0.1, 0.15) is 64.2 Å². The Kier molecular flexibility index (Phi) is 3.75. The second kappa shape index (κ2) is 5.67. The standard InChI is InChI=1S/C20H30O5/c1-23-18(21)20(22)9-3-2-8-19(20,12-4-6-14-16(10-12)24-14)13-5-7-15-17(11-13)25-15/h12-17,22H,2-11H2,1H3. The smallest absolute Gasteiger partial charge is 0.338 e. The highest BCUT2D eigenvalue weighted by atomic mass is 16.6. The van der Waals surface area contributed by atoms with Crippen LogP contribution in [0.25, 0.3) is 0 Å². The topological polar surface area (TPSA) is 71.6 Å². The van der Waals surface area contributed by atoms with E-state index in [1.807, 2.05) is 0 Å². The van der Waals surface area contributed by atoms with Gasteiger partial charge in [-0.1, -0.05) is 6.42 Å². The van der Waals surface area contributed by atoms with Gasteiger partial charge in [0.1, 0.15) is 0 Å². The Bertz CT molecular complexity index is 534. The van der Waals surface area contributed by atoms with Crippen molar-refractivity contribution in [3.63, 3.8) is 0 Å². The van der Waals surface area contributed by atoms with Crippen LogP contribution in [0, 0.1) is 17.3 Å². The maximum absolute atomic E-state index is 12.8. The zero-order valence-electron chi connectivity index (χ0n) is 15.1. The zero-order valence-corrected chi connectivity index (χ0v) is 15.1. The molecule has 0 radical (unpaired) electrons. The lowest BCUT2D eigenvalue weighted by Crippen LogP contribution is -2.64. The van der Waals surface area contributed by atoms with Crippen LogP contribution in [-0.2, 0) is 19.0 Å². The number of rotatable bonds is 3. The van der Waals surface area contributed by atoms with Crippen molar-refractivity contribution in [1.29, 1.82) is 0 Å². The van der Waals surface area contributed by atoms with Crippen molar-refractivity contribution in [3.05, 3.63) is 0 Å². The minimum absolute atomic E-state index is 0.348. The van der Waals surface area contributed by atoms with Crippen molar-refractivity contribution >= 4 is 5.97 Å². The van der Waals surface area contributed by atoms with E-state index in [2.05, 4.69) is 0 Å². The molecule has 3 aliphatic carbocycles. The molecule has 5 rings (SSSR count). The van der Waals surface area contributed by atoms with Gasteiger partial charge in [-0.25, -0.2) is 4.79 Å². The lowest BCUT2D eigenvalue weighted by molar-refractivity contribution is -0.212. The number of epoxide rings is 2. The van der Waals surface area contributed by atoms with Gasteiger partial charge in [-0.3, -0.25) is 0 Å². The number of carbonyl (C=O) groups excluding carboxylic acids is 1. The van der Waals surface area contributed by atoms with Crippen molar-refractivity contribution in [2.24, 2.45) is 17.3 Å². The Balaban J connectivity index is 1.54. The molecule has 0 aromatic rings. The van der Waals surface area contributed by atoms with Gasteiger partial charge < -0.3 is 19.3 Å². The number of hydrogen-bond donors (Lipinski definition) is 1. The second-order valence-corrected chi connectivity index (χ2v) is 9.05. The lowest BCUT2D eigenvalue weighted by Gasteiger charge is -2.58. The average molecular weight is 350 g/mol. The quantitative estimate of drug-likeness (QED) is 0.626. The summed E-state index contributed by atoms with van der Waals surface area (Å²) in [6, 6.07) is 0. The highest BCUT2D eigenvalue weighted by Gasteiger charge is 2.67. The molecule has 1 N–H and O–H groups in total. The van der Waals surface area contributed by atoms with Gasteiger partial charge >= 0.3 is 5.97 Å². The van der Waals surface area contributed by atoms with E-state index >= 15 is 0 Å². The minimum atomic E-state index is -1.35. The first-order valence-corrected chi connectivity index (χ1v) is 10.2. The van der Waals surface area contributed by atoms with Crippen molar-refractivity contribution < 1.29 is 24.1 Å². The highest BCUT2D eigenvalue weighted by molar-refractivity contribution is 5.80. The van der Waals surface area contributed by atoms with Gasteiger partial charge in [0.25, 0.3) is 0 Å². The molecule has 7 atom stereocenters. The van der Waals surface area contributed by atoms with Crippen molar-refractivity contribution in [3.8, 4) is 0 Å². The Hall–Kier alpha value is -0.650. The molecule has 2 heterocycles. The van der Waals surface area contributed by atoms with Crippen molar-refractivity contribution in [1.82, 2.24) is 0 Å². The van der Waals surface area contributed by atoms with Gasteiger partial charge in [0, 0.05) is 5.41 Å². The Morgan fingerprint density at radius 3 is 2.00 bits per heavy atom. The number of ether oxygens (including phenoxy) is 3. The van der Waals surface area contributed by atoms with Crippen LogP contribution in [0.4, 0.5) is 0 Å². The van der Waals surface area contributed by atoms with E-state index in [0.29, 0.717) is 42.7 Å². The molecule has 5 heteroatoms. The fraction of sp³-hybridized carbons (Fsp3) is 0.950. The first kappa shape index (κ1) is 16.5. The van der Waals surface area contributed by atoms with Crippen molar-refractivity contribution in [2.45, 2.75) is 94.2 Å². The van der Waals surface area contributed by atoms with Gasteiger partial charge in [-0.15, -0.1) is 0 Å². The van der Waals surface area contributed by atoms with E-state index in [1.165, 1.54) is 7.11 Å². The molecule has 0 amide bonds. The van der Waals surface area contributed by atoms with Gasteiger partial charge in [0.15, 0.2) is 5.60 Å². The maximum atomic E-state index is 12.8. The number of fused-ring (bicyclic) bond motifs is 2. The molecule has 140 valence electrons. The van der Waals surface area contributed by atoms with Crippen LogP contribution >= 0.6 is 0 Å². The third kappa shape index (κ3) is 2.35. The first-order chi connectivity index (χ1) is 12.1. The van der Waals surface area contributed by atoms with Gasteiger partial charge in [0.05, 0.1) is 31.5 Å². The number of hydrogen-bond acceptors (Lipinski definition) is 5. The van der Waals surface area contributed by atoms with Crippen LogP contribution in [-0.4, -0.2) is 48.2 Å². The van der Waals surface area contributed by atoms with E-state index in [9.17, 15) is 9.90 Å². The third-order valence-corrected chi connectivity index (χ3v) is 8.14. The van der Waals surface area contributed by atoms with Gasteiger partial charge in [0.2, 0.25) is 0 Å². The van der Waals surface area contributed by atoms with E-state index in [4.69, 9.17) is 14.2 Å². The van der Waals surface area contributed by atoms with Gasteiger partial charge in [-0.05, 0) is 69.6 Å². The molecule has 7 unspecified atom stereocenters. The van der Waals surface area contributed by atoms with E-state index < -0.39 is 11.6 Å². The summed E-state index contributed by atoms with van der Waals surface area (Å²) in [4.78, 5) is 12.8. The molecular formula is C20H30O5. The molecule has 0 bridgehead atoms. The molecule has 5 fully saturated rings. The first-order valence-electron chi connectivity index (χ1n) is 10.2. The number of methoxy groups -OCH3 is 1. The molecule has 3 saturated carbocycles. The van der Waals surface area contributed by atoms with Gasteiger partial charge in [-0.2, -0.15) is 0 Å². The van der Waals surface area contributed by atoms with Crippen LogP contribution in [0.15, 0.2) is 0 Å². The summed E-state index contributed by atoms with van der Waals surface area (Å²) >= 11 is 0. The van der Waals surface area contributed by atoms with Crippen LogP contribution < -0.4 is 0 Å². The zero-order chi connectivity index (χ0) is 17.2. The minimum Gasteiger partial charge on any atom is -0.467 e. The molecule has 5 aliphatic rings. The van der Waals surface area contributed by atoms with E-state index in [0.717, 1.165) is 57.8 Å². The summed E-state index contributed by atoms with van der Waals surface area (Å²) in [5.74, 6) is 0.284. The second-order valence-electron chi connectivity index (χ2n) is 9.05. The molecular weight excluding hydrogens is 320 g/mol. The molecule has 0 spiro atoms. The Morgan fingerprint density at radius 2 is 1.48 bits per heavy atom. The molecule has 2 saturated heterocycles. The van der Waals surface area contributed by atoms with Crippen molar-refractivity contribution in [2.75, 3.05) is 7.11 Å². The molecule has 25 heavy (non-hydrogen) atoms. The van der Waals surface area contributed by atoms with E-state index in [1.54, 1.807) is 0 Å². The van der Waals surface area contributed by atoms with E-state index in [-0.39, 0.29) is 5.41 Å². The monoisotopic (exact) mass is 350 g/mol. The number of esters is 1. The lowest BCUT2D eigenvalue weighted by atomic mass is 9.47. The molecule has 5 nitrogen and oxygen atoms in total. The number of aliphatic hydroxyl groups is 1. The predicted octanol–water partition coefficient (Wildman–Crippen LogP) is 2.59. The Morgan fingerprint density at radius 1 is 0.920 bits per heavy atom. The normalized spacial score (nSPS) is 54.2. The van der Waals surface area contributed by atoms with Crippen LogP contribution in [0.5, 0.6) is 0 Å². The van der Waals surface area contributed by atoms with Crippen LogP contribution in [0.3, 0.4) is 0 Å².